The Kier molecular flexibility index (Phi) is 3.14. The van der Waals surface area contributed by atoms with Crippen LogP contribution in [0.25, 0.3) is 0 Å². The van der Waals surface area contributed by atoms with Crippen LogP contribution in [0.3, 0.4) is 0 Å². The maximum atomic E-state index is 12.1. The van der Waals surface area contributed by atoms with Crippen molar-refractivity contribution in [3.8, 4) is 11.5 Å². The molecule has 0 saturated heterocycles. The number of nitrogens with one attached hydrogen (secondary N) is 1. The first-order valence-corrected chi connectivity index (χ1v) is 7.07. The molecular formula is C13H15BrN2O3. The van der Waals surface area contributed by atoms with Gasteiger partial charge in [-0.3, -0.25) is 4.79 Å². The zero-order valence-corrected chi connectivity index (χ0v) is 12.0. The second-order valence-corrected chi connectivity index (χ2v) is 5.79. The summed E-state index contributed by atoms with van der Waals surface area (Å²) in [4.78, 5) is 12.1. The van der Waals surface area contributed by atoms with Crippen LogP contribution in [0.4, 0.5) is 5.69 Å². The molecule has 1 aliphatic heterocycles. The largest absolute Gasteiger partial charge is 0.486 e. The van der Waals surface area contributed by atoms with Gasteiger partial charge in [-0.15, -0.1) is 0 Å². The number of carbonyl (C=O) groups excluding carboxylic acids is 1. The second kappa shape index (κ2) is 4.68. The van der Waals surface area contributed by atoms with Gasteiger partial charge in [0.2, 0.25) is 5.91 Å². The van der Waals surface area contributed by atoms with Crippen LogP contribution in [0.2, 0.25) is 0 Å². The smallest absolute Gasteiger partial charge is 0.244 e. The first-order chi connectivity index (χ1) is 9.08. The van der Waals surface area contributed by atoms with Gasteiger partial charge in [-0.05, 0) is 35.2 Å². The third-order valence-electron chi connectivity index (χ3n) is 3.58. The standard InChI is InChI=1S/C13H15BrN2O3/c14-8-6-10-11(19-5-4-18-10)7-9(8)16-12(17)13(15)2-1-3-13/h6-7H,1-5,15H2,(H,16,17). The number of amides is 1. The molecule has 0 spiro atoms. The van der Waals surface area contributed by atoms with Crippen molar-refractivity contribution in [2.24, 2.45) is 5.73 Å². The average Bonchev–Trinajstić information content (AvgIpc) is 2.36. The van der Waals surface area contributed by atoms with Crippen LogP contribution < -0.4 is 20.5 Å². The Morgan fingerprint density at radius 2 is 1.89 bits per heavy atom. The predicted molar refractivity (Wildman–Crippen MR) is 74.5 cm³/mol. The van der Waals surface area contributed by atoms with Crippen LogP contribution in [0.1, 0.15) is 19.3 Å². The summed E-state index contributed by atoms with van der Waals surface area (Å²) < 4.78 is 11.7. The first kappa shape index (κ1) is 12.7. The van der Waals surface area contributed by atoms with Crippen LogP contribution in [0, 0.1) is 0 Å². The number of halogens is 1. The van der Waals surface area contributed by atoms with Crippen molar-refractivity contribution in [1.82, 2.24) is 0 Å². The van der Waals surface area contributed by atoms with Crippen molar-refractivity contribution >= 4 is 27.5 Å². The lowest BCUT2D eigenvalue weighted by molar-refractivity contribution is -0.123. The van der Waals surface area contributed by atoms with Gasteiger partial charge in [0.05, 0.1) is 11.2 Å². The molecule has 1 aromatic carbocycles. The van der Waals surface area contributed by atoms with Crippen molar-refractivity contribution in [3.05, 3.63) is 16.6 Å². The summed E-state index contributed by atoms with van der Waals surface area (Å²) in [5, 5.41) is 2.86. The number of carbonyl (C=O) groups is 1. The number of hydrogen-bond acceptors (Lipinski definition) is 4. The monoisotopic (exact) mass is 326 g/mol. The van der Waals surface area contributed by atoms with Gasteiger partial charge in [0.25, 0.3) is 0 Å². The molecule has 0 atom stereocenters. The van der Waals surface area contributed by atoms with Gasteiger partial charge in [-0.1, -0.05) is 0 Å². The maximum absolute atomic E-state index is 12.1. The summed E-state index contributed by atoms with van der Waals surface area (Å²) in [6.45, 7) is 1.06. The van der Waals surface area contributed by atoms with E-state index in [0.717, 1.165) is 23.7 Å². The van der Waals surface area contributed by atoms with E-state index in [0.29, 0.717) is 30.4 Å². The topological polar surface area (TPSA) is 73.6 Å². The number of anilines is 1. The Morgan fingerprint density at radius 1 is 1.26 bits per heavy atom. The van der Waals surface area contributed by atoms with Crippen molar-refractivity contribution in [3.63, 3.8) is 0 Å². The van der Waals surface area contributed by atoms with Crippen LogP contribution in [-0.4, -0.2) is 24.7 Å². The van der Waals surface area contributed by atoms with E-state index in [1.54, 1.807) is 12.1 Å². The molecule has 0 radical (unpaired) electrons. The van der Waals surface area contributed by atoms with E-state index in [4.69, 9.17) is 15.2 Å². The summed E-state index contributed by atoms with van der Waals surface area (Å²) in [7, 11) is 0. The molecule has 0 aromatic heterocycles. The normalized spacial score (nSPS) is 19.5. The molecule has 1 heterocycles. The van der Waals surface area contributed by atoms with E-state index in [-0.39, 0.29) is 5.91 Å². The fourth-order valence-electron chi connectivity index (χ4n) is 2.19. The maximum Gasteiger partial charge on any atom is 0.244 e. The van der Waals surface area contributed by atoms with E-state index in [9.17, 15) is 4.79 Å². The molecule has 0 bridgehead atoms. The molecule has 19 heavy (non-hydrogen) atoms. The van der Waals surface area contributed by atoms with Gasteiger partial charge in [-0.25, -0.2) is 0 Å². The van der Waals surface area contributed by atoms with E-state index in [1.807, 2.05) is 0 Å². The molecule has 3 rings (SSSR count). The average molecular weight is 327 g/mol. The van der Waals surface area contributed by atoms with Gasteiger partial charge in [0, 0.05) is 16.6 Å². The summed E-state index contributed by atoms with van der Waals surface area (Å²) in [5.74, 6) is 1.18. The van der Waals surface area contributed by atoms with Crippen LogP contribution in [0.5, 0.6) is 11.5 Å². The number of benzene rings is 1. The molecule has 5 nitrogen and oxygen atoms in total. The molecule has 1 amide bonds. The van der Waals surface area contributed by atoms with Crippen molar-refractivity contribution < 1.29 is 14.3 Å². The minimum Gasteiger partial charge on any atom is -0.486 e. The van der Waals surface area contributed by atoms with Crippen LogP contribution in [0.15, 0.2) is 16.6 Å². The molecule has 1 fully saturated rings. The Morgan fingerprint density at radius 3 is 2.47 bits per heavy atom. The quantitative estimate of drug-likeness (QED) is 0.872. The molecule has 102 valence electrons. The fraction of sp³-hybridized carbons (Fsp3) is 0.462. The van der Waals surface area contributed by atoms with Crippen molar-refractivity contribution in [2.45, 2.75) is 24.8 Å². The fourth-order valence-corrected chi connectivity index (χ4v) is 2.61. The van der Waals surface area contributed by atoms with E-state index in [1.165, 1.54) is 0 Å². The first-order valence-electron chi connectivity index (χ1n) is 6.28. The molecular weight excluding hydrogens is 312 g/mol. The molecule has 6 heteroatoms. The molecule has 0 unspecified atom stereocenters. The minimum absolute atomic E-state index is 0.142. The Hall–Kier alpha value is -1.27. The second-order valence-electron chi connectivity index (χ2n) is 4.94. The van der Waals surface area contributed by atoms with E-state index in [2.05, 4.69) is 21.2 Å². The lowest BCUT2D eigenvalue weighted by atomic mass is 9.77. The van der Waals surface area contributed by atoms with E-state index < -0.39 is 5.54 Å². The molecule has 1 aliphatic carbocycles. The molecule has 3 N–H and O–H groups in total. The summed E-state index contributed by atoms with van der Waals surface area (Å²) >= 11 is 3.42. The number of hydrogen-bond donors (Lipinski definition) is 2. The van der Waals surface area contributed by atoms with Gasteiger partial charge in [-0.2, -0.15) is 0 Å². The Balaban J connectivity index is 1.82. The molecule has 1 saturated carbocycles. The highest BCUT2D eigenvalue weighted by Crippen LogP contribution is 2.39. The Bertz CT molecular complexity index is 529. The highest BCUT2D eigenvalue weighted by atomic mass is 79.9. The SMILES string of the molecule is NC1(C(=O)Nc2cc3c(cc2Br)OCCO3)CCC1. The Labute approximate surface area is 119 Å². The van der Waals surface area contributed by atoms with Crippen molar-refractivity contribution in [1.29, 1.82) is 0 Å². The number of rotatable bonds is 2. The zero-order valence-electron chi connectivity index (χ0n) is 10.4. The number of nitrogens with two attached hydrogens (primary N) is 1. The number of ether oxygens (including phenoxy) is 2. The predicted octanol–water partition coefficient (Wildman–Crippen LogP) is 2.04. The van der Waals surface area contributed by atoms with Gasteiger partial charge in [0.15, 0.2) is 11.5 Å². The van der Waals surface area contributed by atoms with Crippen molar-refractivity contribution in [2.75, 3.05) is 18.5 Å². The van der Waals surface area contributed by atoms with Crippen LogP contribution in [-0.2, 0) is 4.79 Å². The van der Waals surface area contributed by atoms with Gasteiger partial charge in [0.1, 0.15) is 13.2 Å². The summed E-state index contributed by atoms with van der Waals surface area (Å²) in [6.07, 6.45) is 2.48. The summed E-state index contributed by atoms with van der Waals surface area (Å²) in [5.41, 5.74) is 5.94. The molecule has 1 aromatic rings. The number of fused-ring (bicyclic) bond motifs is 1. The van der Waals surface area contributed by atoms with E-state index >= 15 is 0 Å². The summed E-state index contributed by atoms with van der Waals surface area (Å²) in [6, 6.07) is 3.56. The highest BCUT2D eigenvalue weighted by molar-refractivity contribution is 9.10. The lowest BCUT2D eigenvalue weighted by Gasteiger charge is -2.36. The third kappa shape index (κ3) is 2.30. The third-order valence-corrected chi connectivity index (χ3v) is 4.23. The molecule has 2 aliphatic rings. The zero-order chi connectivity index (χ0) is 13.5. The van der Waals surface area contributed by atoms with Crippen LogP contribution >= 0.6 is 15.9 Å². The highest BCUT2D eigenvalue weighted by Gasteiger charge is 2.40. The lowest BCUT2D eigenvalue weighted by Crippen LogP contribution is -2.56. The van der Waals surface area contributed by atoms with Gasteiger partial charge >= 0.3 is 0 Å². The minimum atomic E-state index is -0.716. The van der Waals surface area contributed by atoms with Gasteiger partial charge < -0.3 is 20.5 Å².